The van der Waals surface area contributed by atoms with Gasteiger partial charge in [-0.25, -0.2) is 0 Å². The first kappa shape index (κ1) is 16.8. The number of benzene rings is 1. The van der Waals surface area contributed by atoms with Gasteiger partial charge in [-0.3, -0.25) is 4.79 Å². The molecule has 0 spiro atoms. The SMILES string of the molecule is Cl.NCCOc1ccc(NC(=O)C2CCCOC2)cc1. The standard InChI is InChI=1S/C14H20N2O3.ClH/c15-7-9-19-13-5-3-12(4-6-13)16-14(17)11-2-1-8-18-10-11;/h3-6,11H,1-2,7-10,15H2,(H,16,17);1H. The maximum absolute atomic E-state index is 12.0. The number of anilines is 1. The van der Waals surface area contributed by atoms with Crippen LogP contribution in [-0.4, -0.2) is 32.3 Å². The molecule has 1 fully saturated rings. The van der Waals surface area contributed by atoms with E-state index < -0.39 is 0 Å². The molecule has 6 heteroatoms. The quantitative estimate of drug-likeness (QED) is 0.870. The summed E-state index contributed by atoms with van der Waals surface area (Å²) in [6.45, 7) is 2.26. The van der Waals surface area contributed by atoms with E-state index in [1.54, 1.807) is 0 Å². The molecule has 0 aromatic heterocycles. The number of nitrogens with one attached hydrogen (secondary N) is 1. The van der Waals surface area contributed by atoms with Crippen molar-refractivity contribution in [1.82, 2.24) is 0 Å². The first-order chi connectivity index (χ1) is 9.29. The number of hydrogen-bond acceptors (Lipinski definition) is 4. The van der Waals surface area contributed by atoms with Crippen LogP contribution in [0.4, 0.5) is 5.69 Å². The third kappa shape index (κ3) is 5.00. The van der Waals surface area contributed by atoms with Crippen molar-refractivity contribution in [2.24, 2.45) is 11.7 Å². The third-order valence-corrected chi connectivity index (χ3v) is 3.04. The number of carbonyl (C=O) groups excluding carboxylic acids is 1. The molecule has 0 saturated carbocycles. The molecular formula is C14H21ClN2O3. The van der Waals surface area contributed by atoms with Gasteiger partial charge in [0.2, 0.25) is 5.91 Å². The van der Waals surface area contributed by atoms with E-state index in [4.69, 9.17) is 15.2 Å². The van der Waals surface area contributed by atoms with Gasteiger partial charge < -0.3 is 20.5 Å². The Hall–Kier alpha value is -1.30. The highest BCUT2D eigenvalue weighted by molar-refractivity contribution is 5.92. The van der Waals surface area contributed by atoms with Crippen LogP contribution in [-0.2, 0) is 9.53 Å². The summed E-state index contributed by atoms with van der Waals surface area (Å²) in [6, 6.07) is 7.30. The Kier molecular flexibility index (Phi) is 7.36. The zero-order valence-electron chi connectivity index (χ0n) is 11.3. The molecule has 1 heterocycles. The van der Waals surface area contributed by atoms with Crippen molar-refractivity contribution in [2.45, 2.75) is 12.8 Å². The Bertz CT molecular complexity index is 405. The molecule has 3 N–H and O–H groups in total. The van der Waals surface area contributed by atoms with Crippen molar-refractivity contribution in [3.05, 3.63) is 24.3 Å². The minimum atomic E-state index is -0.0399. The lowest BCUT2D eigenvalue weighted by Crippen LogP contribution is -2.30. The van der Waals surface area contributed by atoms with Gasteiger partial charge in [0.05, 0.1) is 12.5 Å². The molecule has 5 nitrogen and oxygen atoms in total. The van der Waals surface area contributed by atoms with E-state index in [2.05, 4.69) is 5.32 Å². The summed E-state index contributed by atoms with van der Waals surface area (Å²) in [7, 11) is 0. The molecule has 2 rings (SSSR count). The molecule has 1 unspecified atom stereocenters. The van der Waals surface area contributed by atoms with E-state index >= 15 is 0 Å². The van der Waals surface area contributed by atoms with Crippen molar-refractivity contribution in [1.29, 1.82) is 0 Å². The van der Waals surface area contributed by atoms with Gasteiger partial charge in [-0.1, -0.05) is 0 Å². The Morgan fingerprint density at radius 3 is 2.75 bits per heavy atom. The Morgan fingerprint density at radius 2 is 2.15 bits per heavy atom. The normalized spacial score (nSPS) is 17.9. The molecule has 1 aromatic carbocycles. The average molecular weight is 301 g/mol. The minimum Gasteiger partial charge on any atom is -0.492 e. The lowest BCUT2D eigenvalue weighted by atomic mass is 10.0. The zero-order valence-corrected chi connectivity index (χ0v) is 12.2. The van der Waals surface area contributed by atoms with Gasteiger partial charge in [-0.05, 0) is 37.1 Å². The first-order valence-corrected chi connectivity index (χ1v) is 6.61. The third-order valence-electron chi connectivity index (χ3n) is 3.04. The van der Waals surface area contributed by atoms with Crippen LogP contribution in [0.25, 0.3) is 0 Å². The van der Waals surface area contributed by atoms with Crippen LogP contribution >= 0.6 is 12.4 Å². The summed E-state index contributed by atoms with van der Waals surface area (Å²) in [6.07, 6.45) is 1.84. The fourth-order valence-corrected chi connectivity index (χ4v) is 2.00. The molecule has 0 radical (unpaired) electrons. The van der Waals surface area contributed by atoms with E-state index in [9.17, 15) is 4.79 Å². The molecular weight excluding hydrogens is 280 g/mol. The summed E-state index contributed by atoms with van der Waals surface area (Å²) >= 11 is 0. The highest BCUT2D eigenvalue weighted by Crippen LogP contribution is 2.19. The van der Waals surface area contributed by atoms with Gasteiger partial charge in [0, 0.05) is 18.8 Å². The van der Waals surface area contributed by atoms with Crippen LogP contribution in [0.15, 0.2) is 24.3 Å². The molecule has 0 bridgehead atoms. The fourth-order valence-electron chi connectivity index (χ4n) is 2.00. The second-order valence-corrected chi connectivity index (χ2v) is 4.56. The number of rotatable bonds is 5. The van der Waals surface area contributed by atoms with Crippen molar-refractivity contribution in [3.63, 3.8) is 0 Å². The van der Waals surface area contributed by atoms with Crippen molar-refractivity contribution < 1.29 is 14.3 Å². The predicted octanol–water partition coefficient (Wildman–Crippen LogP) is 1.81. The zero-order chi connectivity index (χ0) is 13.5. The lowest BCUT2D eigenvalue weighted by Gasteiger charge is -2.21. The number of ether oxygens (including phenoxy) is 2. The number of nitrogens with two attached hydrogens (primary N) is 1. The second kappa shape index (κ2) is 8.79. The van der Waals surface area contributed by atoms with Crippen LogP contribution in [0.3, 0.4) is 0 Å². The highest BCUT2D eigenvalue weighted by atomic mass is 35.5. The number of halogens is 1. The average Bonchev–Trinajstić information content (AvgIpc) is 2.47. The van der Waals surface area contributed by atoms with Gasteiger partial charge in [0.25, 0.3) is 0 Å². The molecule has 1 aliphatic heterocycles. The van der Waals surface area contributed by atoms with Gasteiger partial charge in [-0.2, -0.15) is 0 Å². The molecule has 112 valence electrons. The van der Waals surface area contributed by atoms with E-state index in [-0.39, 0.29) is 24.2 Å². The van der Waals surface area contributed by atoms with E-state index in [1.807, 2.05) is 24.3 Å². The van der Waals surface area contributed by atoms with Crippen molar-refractivity contribution in [3.8, 4) is 5.75 Å². The monoisotopic (exact) mass is 300 g/mol. The molecule has 20 heavy (non-hydrogen) atoms. The van der Waals surface area contributed by atoms with Gasteiger partial charge in [0.1, 0.15) is 12.4 Å². The highest BCUT2D eigenvalue weighted by Gasteiger charge is 2.21. The summed E-state index contributed by atoms with van der Waals surface area (Å²) in [5.41, 5.74) is 6.13. The maximum atomic E-state index is 12.0. The summed E-state index contributed by atoms with van der Waals surface area (Å²) in [5, 5.41) is 2.90. The number of carbonyl (C=O) groups is 1. The topological polar surface area (TPSA) is 73.6 Å². The van der Waals surface area contributed by atoms with Crippen molar-refractivity contribution >= 4 is 24.0 Å². The molecule has 1 aliphatic rings. The molecule has 1 saturated heterocycles. The van der Waals surface area contributed by atoms with Crippen LogP contribution in [0.5, 0.6) is 5.75 Å². The Morgan fingerprint density at radius 1 is 1.40 bits per heavy atom. The Labute approximate surface area is 125 Å². The van der Waals surface area contributed by atoms with Crippen LogP contribution in [0, 0.1) is 5.92 Å². The lowest BCUT2D eigenvalue weighted by molar-refractivity contribution is -0.123. The molecule has 1 amide bonds. The van der Waals surface area contributed by atoms with E-state index in [0.29, 0.717) is 19.8 Å². The van der Waals surface area contributed by atoms with E-state index in [1.165, 1.54) is 0 Å². The predicted molar refractivity (Wildman–Crippen MR) is 80.4 cm³/mol. The minimum absolute atomic E-state index is 0. The number of hydrogen-bond donors (Lipinski definition) is 2. The summed E-state index contributed by atoms with van der Waals surface area (Å²) < 4.78 is 10.7. The summed E-state index contributed by atoms with van der Waals surface area (Å²) in [5.74, 6) is 0.738. The Balaban J connectivity index is 0.00000200. The first-order valence-electron chi connectivity index (χ1n) is 6.61. The van der Waals surface area contributed by atoms with E-state index in [0.717, 1.165) is 30.9 Å². The summed E-state index contributed by atoms with van der Waals surface area (Å²) in [4.78, 5) is 12.0. The molecule has 1 aromatic rings. The van der Waals surface area contributed by atoms with Crippen LogP contribution in [0.2, 0.25) is 0 Å². The van der Waals surface area contributed by atoms with Gasteiger partial charge >= 0.3 is 0 Å². The van der Waals surface area contributed by atoms with Gasteiger partial charge in [-0.15, -0.1) is 12.4 Å². The largest absolute Gasteiger partial charge is 0.492 e. The fraction of sp³-hybridized carbons (Fsp3) is 0.500. The van der Waals surface area contributed by atoms with Crippen LogP contribution < -0.4 is 15.8 Å². The molecule has 1 atom stereocenters. The second-order valence-electron chi connectivity index (χ2n) is 4.56. The van der Waals surface area contributed by atoms with Gasteiger partial charge in [0.15, 0.2) is 0 Å². The van der Waals surface area contributed by atoms with Crippen LogP contribution in [0.1, 0.15) is 12.8 Å². The smallest absolute Gasteiger partial charge is 0.229 e. The van der Waals surface area contributed by atoms with Crippen molar-refractivity contribution in [2.75, 3.05) is 31.7 Å². The number of amides is 1. The maximum Gasteiger partial charge on any atom is 0.229 e. The molecule has 0 aliphatic carbocycles.